The summed E-state index contributed by atoms with van der Waals surface area (Å²) in [7, 11) is 0. The SMILES string of the molecule is Cl.NCC1CCCN1CCC(=O)Nc1cccc(Cl)c1. The Morgan fingerprint density at radius 3 is 3.00 bits per heavy atom. The first-order valence-electron chi connectivity index (χ1n) is 6.68. The summed E-state index contributed by atoms with van der Waals surface area (Å²) in [5, 5.41) is 3.48. The predicted molar refractivity (Wildman–Crippen MR) is 85.6 cm³/mol. The van der Waals surface area contributed by atoms with E-state index in [0.717, 1.165) is 25.2 Å². The second kappa shape index (κ2) is 8.47. The first-order valence-corrected chi connectivity index (χ1v) is 7.06. The number of nitrogens with two attached hydrogens (primary N) is 1. The van der Waals surface area contributed by atoms with Crippen LogP contribution in [0.15, 0.2) is 24.3 Å². The number of halogens is 2. The molecule has 2 rings (SSSR count). The molecule has 20 heavy (non-hydrogen) atoms. The number of hydrogen-bond donors (Lipinski definition) is 2. The van der Waals surface area contributed by atoms with Gasteiger partial charge in [0.05, 0.1) is 0 Å². The summed E-state index contributed by atoms with van der Waals surface area (Å²) >= 11 is 5.87. The predicted octanol–water partition coefficient (Wildman–Crippen LogP) is 2.51. The number of carbonyl (C=O) groups is 1. The van der Waals surface area contributed by atoms with Crippen LogP contribution in [0.25, 0.3) is 0 Å². The number of benzene rings is 1. The highest BCUT2D eigenvalue weighted by molar-refractivity contribution is 6.30. The fourth-order valence-electron chi connectivity index (χ4n) is 2.49. The molecule has 1 atom stereocenters. The minimum atomic E-state index is 0. The average Bonchev–Trinajstić information content (AvgIpc) is 2.83. The van der Waals surface area contributed by atoms with Crippen molar-refractivity contribution in [3.63, 3.8) is 0 Å². The molecule has 1 aliphatic heterocycles. The number of nitrogens with zero attached hydrogens (tertiary/aromatic N) is 1. The molecule has 112 valence electrons. The summed E-state index contributed by atoms with van der Waals surface area (Å²) in [4.78, 5) is 14.2. The third-order valence-corrected chi connectivity index (χ3v) is 3.74. The zero-order valence-electron chi connectivity index (χ0n) is 11.3. The Labute approximate surface area is 131 Å². The number of likely N-dealkylation sites (tertiary alicyclic amines) is 1. The second-order valence-corrected chi connectivity index (χ2v) is 5.31. The lowest BCUT2D eigenvalue weighted by Crippen LogP contribution is -2.37. The van der Waals surface area contributed by atoms with E-state index in [-0.39, 0.29) is 18.3 Å². The molecule has 1 fully saturated rings. The van der Waals surface area contributed by atoms with Crippen LogP contribution in [-0.2, 0) is 4.79 Å². The van der Waals surface area contributed by atoms with Crippen LogP contribution in [0.4, 0.5) is 5.69 Å². The van der Waals surface area contributed by atoms with E-state index < -0.39 is 0 Å². The van der Waals surface area contributed by atoms with E-state index in [1.165, 1.54) is 6.42 Å². The molecule has 1 aliphatic rings. The zero-order valence-corrected chi connectivity index (χ0v) is 12.9. The van der Waals surface area contributed by atoms with E-state index in [1.807, 2.05) is 12.1 Å². The van der Waals surface area contributed by atoms with Crippen LogP contribution in [0.3, 0.4) is 0 Å². The van der Waals surface area contributed by atoms with Crippen LogP contribution in [0, 0.1) is 0 Å². The van der Waals surface area contributed by atoms with Crippen LogP contribution in [0.1, 0.15) is 19.3 Å². The van der Waals surface area contributed by atoms with Crippen LogP contribution in [0.2, 0.25) is 5.02 Å². The number of amides is 1. The van der Waals surface area contributed by atoms with Gasteiger partial charge < -0.3 is 11.1 Å². The maximum atomic E-state index is 11.9. The molecule has 1 heterocycles. The molecule has 3 N–H and O–H groups in total. The molecule has 1 aromatic carbocycles. The molecule has 1 saturated heterocycles. The van der Waals surface area contributed by atoms with E-state index >= 15 is 0 Å². The minimum absolute atomic E-state index is 0. The lowest BCUT2D eigenvalue weighted by Gasteiger charge is -2.22. The van der Waals surface area contributed by atoms with Gasteiger partial charge in [0.2, 0.25) is 5.91 Å². The van der Waals surface area contributed by atoms with Crippen molar-refractivity contribution in [2.24, 2.45) is 5.73 Å². The summed E-state index contributed by atoms with van der Waals surface area (Å²) in [5.74, 6) is 0.0185. The highest BCUT2D eigenvalue weighted by Gasteiger charge is 2.23. The molecule has 0 aromatic heterocycles. The van der Waals surface area contributed by atoms with E-state index in [2.05, 4.69) is 10.2 Å². The van der Waals surface area contributed by atoms with Gasteiger partial charge in [-0.2, -0.15) is 0 Å². The van der Waals surface area contributed by atoms with Crippen molar-refractivity contribution in [1.29, 1.82) is 0 Å². The Morgan fingerprint density at radius 1 is 1.50 bits per heavy atom. The highest BCUT2D eigenvalue weighted by Crippen LogP contribution is 2.17. The van der Waals surface area contributed by atoms with Gasteiger partial charge in [-0.1, -0.05) is 17.7 Å². The maximum Gasteiger partial charge on any atom is 0.225 e. The molecule has 1 amide bonds. The van der Waals surface area contributed by atoms with Crippen LogP contribution in [-0.4, -0.2) is 36.5 Å². The van der Waals surface area contributed by atoms with Crippen molar-refractivity contribution in [3.05, 3.63) is 29.3 Å². The lowest BCUT2D eigenvalue weighted by molar-refractivity contribution is -0.116. The molecular formula is C14H21Cl2N3O. The van der Waals surface area contributed by atoms with Gasteiger partial charge in [0.15, 0.2) is 0 Å². The summed E-state index contributed by atoms with van der Waals surface area (Å²) < 4.78 is 0. The Morgan fingerprint density at radius 2 is 2.30 bits per heavy atom. The fraction of sp³-hybridized carbons (Fsp3) is 0.500. The molecule has 0 bridgehead atoms. The van der Waals surface area contributed by atoms with Gasteiger partial charge in [0.1, 0.15) is 0 Å². The molecule has 4 nitrogen and oxygen atoms in total. The smallest absolute Gasteiger partial charge is 0.225 e. The van der Waals surface area contributed by atoms with Crippen molar-refractivity contribution >= 4 is 35.6 Å². The third-order valence-electron chi connectivity index (χ3n) is 3.51. The second-order valence-electron chi connectivity index (χ2n) is 4.88. The number of anilines is 1. The van der Waals surface area contributed by atoms with Gasteiger partial charge in [-0.15, -0.1) is 12.4 Å². The van der Waals surface area contributed by atoms with Crippen molar-refractivity contribution in [2.45, 2.75) is 25.3 Å². The van der Waals surface area contributed by atoms with Gasteiger partial charge in [-0.3, -0.25) is 9.69 Å². The summed E-state index contributed by atoms with van der Waals surface area (Å²) in [6, 6.07) is 7.63. The van der Waals surface area contributed by atoms with Gasteiger partial charge in [-0.05, 0) is 37.6 Å². The summed E-state index contributed by atoms with van der Waals surface area (Å²) in [6.07, 6.45) is 2.81. The summed E-state index contributed by atoms with van der Waals surface area (Å²) in [5.41, 5.74) is 6.46. The number of hydrogen-bond acceptors (Lipinski definition) is 3. The molecular weight excluding hydrogens is 297 g/mol. The molecule has 0 spiro atoms. The van der Waals surface area contributed by atoms with Crippen LogP contribution in [0.5, 0.6) is 0 Å². The Bertz CT molecular complexity index is 442. The topological polar surface area (TPSA) is 58.4 Å². The Kier molecular flexibility index (Phi) is 7.30. The summed E-state index contributed by atoms with van der Waals surface area (Å²) in [6.45, 7) is 2.50. The number of nitrogens with one attached hydrogen (secondary N) is 1. The normalized spacial score (nSPS) is 18.6. The number of carbonyl (C=O) groups excluding carboxylic acids is 1. The zero-order chi connectivity index (χ0) is 13.7. The third kappa shape index (κ3) is 4.94. The van der Waals surface area contributed by atoms with Gasteiger partial charge >= 0.3 is 0 Å². The first kappa shape index (κ1) is 17.2. The first-order chi connectivity index (χ1) is 9.19. The van der Waals surface area contributed by atoms with Crippen molar-refractivity contribution in [2.75, 3.05) is 25.0 Å². The van der Waals surface area contributed by atoms with E-state index in [1.54, 1.807) is 12.1 Å². The number of rotatable bonds is 5. The van der Waals surface area contributed by atoms with Crippen molar-refractivity contribution in [3.8, 4) is 0 Å². The van der Waals surface area contributed by atoms with E-state index in [4.69, 9.17) is 17.3 Å². The Balaban J connectivity index is 0.00000200. The standard InChI is InChI=1S/C14H20ClN3O.ClH/c15-11-3-1-4-12(9-11)17-14(19)6-8-18-7-2-5-13(18)10-16;/h1,3-4,9,13H,2,5-8,10,16H2,(H,17,19);1H. The van der Waals surface area contributed by atoms with Gasteiger partial charge in [0.25, 0.3) is 0 Å². The molecule has 0 saturated carbocycles. The lowest BCUT2D eigenvalue weighted by atomic mass is 10.2. The molecule has 1 unspecified atom stereocenters. The highest BCUT2D eigenvalue weighted by atomic mass is 35.5. The quantitative estimate of drug-likeness (QED) is 0.877. The minimum Gasteiger partial charge on any atom is -0.329 e. The molecule has 6 heteroatoms. The van der Waals surface area contributed by atoms with Gasteiger partial charge in [0, 0.05) is 36.3 Å². The van der Waals surface area contributed by atoms with E-state index in [0.29, 0.717) is 24.0 Å². The average molecular weight is 318 g/mol. The van der Waals surface area contributed by atoms with E-state index in [9.17, 15) is 4.79 Å². The monoisotopic (exact) mass is 317 g/mol. The van der Waals surface area contributed by atoms with Crippen LogP contribution >= 0.6 is 24.0 Å². The van der Waals surface area contributed by atoms with Crippen molar-refractivity contribution < 1.29 is 4.79 Å². The molecule has 0 radical (unpaired) electrons. The van der Waals surface area contributed by atoms with Crippen molar-refractivity contribution in [1.82, 2.24) is 4.90 Å². The maximum absolute atomic E-state index is 11.9. The van der Waals surface area contributed by atoms with Gasteiger partial charge in [-0.25, -0.2) is 0 Å². The fourth-order valence-corrected chi connectivity index (χ4v) is 2.68. The molecule has 0 aliphatic carbocycles. The Hall–Kier alpha value is -0.810. The largest absolute Gasteiger partial charge is 0.329 e. The molecule has 1 aromatic rings. The van der Waals surface area contributed by atoms with Crippen LogP contribution < -0.4 is 11.1 Å².